The van der Waals surface area contributed by atoms with E-state index < -0.39 is 5.60 Å². The highest BCUT2D eigenvalue weighted by Crippen LogP contribution is 2.19. The van der Waals surface area contributed by atoms with Crippen LogP contribution in [-0.4, -0.2) is 55.0 Å². The standard InChI is InChI=1S/C13H24N2O3/c1-13(2,3)18-12(16)15-8-11(9-15)17-10-5-4-6-14-7-10/h10-11,14H,4-9H2,1-3H3. The van der Waals surface area contributed by atoms with Gasteiger partial charge in [-0.05, 0) is 40.2 Å². The molecule has 104 valence electrons. The van der Waals surface area contributed by atoms with Crippen molar-refractivity contribution in [3.8, 4) is 0 Å². The third-order valence-electron chi connectivity index (χ3n) is 3.14. The third-order valence-corrected chi connectivity index (χ3v) is 3.14. The Morgan fingerprint density at radius 2 is 2.00 bits per heavy atom. The van der Waals surface area contributed by atoms with Crippen LogP contribution in [0.15, 0.2) is 0 Å². The largest absolute Gasteiger partial charge is 0.444 e. The van der Waals surface area contributed by atoms with Crippen molar-refractivity contribution in [3.05, 3.63) is 0 Å². The van der Waals surface area contributed by atoms with E-state index in [1.165, 1.54) is 6.42 Å². The van der Waals surface area contributed by atoms with E-state index in [0.717, 1.165) is 19.5 Å². The Balaban J connectivity index is 1.65. The highest BCUT2D eigenvalue weighted by molar-refractivity contribution is 5.69. The maximum Gasteiger partial charge on any atom is 0.410 e. The van der Waals surface area contributed by atoms with Crippen molar-refractivity contribution in [2.45, 2.75) is 51.4 Å². The van der Waals surface area contributed by atoms with Gasteiger partial charge in [-0.25, -0.2) is 4.79 Å². The second kappa shape index (κ2) is 5.45. The molecule has 5 heteroatoms. The lowest BCUT2D eigenvalue weighted by atomic mass is 10.1. The van der Waals surface area contributed by atoms with E-state index in [1.54, 1.807) is 4.90 Å². The number of amides is 1. The van der Waals surface area contributed by atoms with Gasteiger partial charge in [0.15, 0.2) is 0 Å². The number of rotatable bonds is 2. The fraction of sp³-hybridized carbons (Fsp3) is 0.923. The number of nitrogens with one attached hydrogen (secondary N) is 1. The molecule has 0 spiro atoms. The molecule has 2 aliphatic rings. The third kappa shape index (κ3) is 3.85. The minimum Gasteiger partial charge on any atom is -0.444 e. The number of nitrogens with zero attached hydrogens (tertiary/aromatic N) is 1. The lowest BCUT2D eigenvalue weighted by Crippen LogP contribution is -2.57. The molecule has 0 aromatic carbocycles. The van der Waals surface area contributed by atoms with E-state index in [9.17, 15) is 4.79 Å². The van der Waals surface area contributed by atoms with Crippen molar-refractivity contribution in [1.29, 1.82) is 0 Å². The van der Waals surface area contributed by atoms with Gasteiger partial charge in [0, 0.05) is 6.54 Å². The summed E-state index contributed by atoms with van der Waals surface area (Å²) >= 11 is 0. The lowest BCUT2D eigenvalue weighted by Gasteiger charge is -2.41. The van der Waals surface area contributed by atoms with Crippen LogP contribution in [0.5, 0.6) is 0 Å². The normalized spacial score (nSPS) is 25.7. The summed E-state index contributed by atoms with van der Waals surface area (Å²) in [5.74, 6) is 0. The van der Waals surface area contributed by atoms with Crippen LogP contribution in [0.25, 0.3) is 0 Å². The fourth-order valence-corrected chi connectivity index (χ4v) is 2.21. The van der Waals surface area contributed by atoms with E-state index in [-0.39, 0.29) is 12.2 Å². The van der Waals surface area contributed by atoms with Gasteiger partial charge < -0.3 is 19.7 Å². The number of hydrogen-bond acceptors (Lipinski definition) is 4. The monoisotopic (exact) mass is 256 g/mol. The molecule has 18 heavy (non-hydrogen) atoms. The maximum atomic E-state index is 11.7. The summed E-state index contributed by atoms with van der Waals surface area (Å²) in [4.78, 5) is 13.4. The van der Waals surface area contributed by atoms with E-state index >= 15 is 0 Å². The lowest BCUT2D eigenvalue weighted by molar-refractivity contribution is -0.0973. The van der Waals surface area contributed by atoms with Crippen molar-refractivity contribution in [1.82, 2.24) is 10.2 Å². The summed E-state index contributed by atoms with van der Waals surface area (Å²) in [6, 6.07) is 0. The average molecular weight is 256 g/mol. The fourth-order valence-electron chi connectivity index (χ4n) is 2.21. The zero-order valence-electron chi connectivity index (χ0n) is 11.6. The van der Waals surface area contributed by atoms with Crippen molar-refractivity contribution >= 4 is 6.09 Å². The van der Waals surface area contributed by atoms with Gasteiger partial charge in [0.1, 0.15) is 5.60 Å². The highest BCUT2D eigenvalue weighted by Gasteiger charge is 2.35. The van der Waals surface area contributed by atoms with E-state index in [1.807, 2.05) is 20.8 Å². The Hall–Kier alpha value is -0.810. The second-order valence-electron chi connectivity index (χ2n) is 6.11. The molecule has 2 rings (SSSR count). The molecular weight excluding hydrogens is 232 g/mol. The molecule has 1 unspecified atom stereocenters. The van der Waals surface area contributed by atoms with Gasteiger partial charge in [0.05, 0.1) is 25.3 Å². The zero-order valence-corrected chi connectivity index (χ0v) is 11.6. The van der Waals surface area contributed by atoms with Crippen LogP contribution in [0.4, 0.5) is 4.79 Å². The first-order chi connectivity index (χ1) is 8.44. The molecule has 0 radical (unpaired) electrons. The summed E-state index contributed by atoms with van der Waals surface area (Å²) < 4.78 is 11.2. The molecule has 1 N–H and O–H groups in total. The second-order valence-corrected chi connectivity index (χ2v) is 6.11. The predicted molar refractivity (Wildman–Crippen MR) is 68.6 cm³/mol. The quantitative estimate of drug-likeness (QED) is 0.811. The summed E-state index contributed by atoms with van der Waals surface area (Å²) in [5, 5.41) is 3.32. The van der Waals surface area contributed by atoms with Crippen LogP contribution in [0.2, 0.25) is 0 Å². The van der Waals surface area contributed by atoms with Crippen molar-refractivity contribution in [3.63, 3.8) is 0 Å². The minimum atomic E-state index is -0.420. The van der Waals surface area contributed by atoms with Crippen LogP contribution in [0.3, 0.4) is 0 Å². The predicted octanol–water partition coefficient (Wildman–Crippen LogP) is 1.37. The first-order valence-electron chi connectivity index (χ1n) is 6.78. The summed E-state index contributed by atoms with van der Waals surface area (Å²) in [7, 11) is 0. The van der Waals surface area contributed by atoms with Gasteiger partial charge in [-0.15, -0.1) is 0 Å². The van der Waals surface area contributed by atoms with Crippen LogP contribution in [0.1, 0.15) is 33.6 Å². The Labute approximate surface area is 109 Å². The van der Waals surface area contributed by atoms with Gasteiger partial charge in [-0.2, -0.15) is 0 Å². The Morgan fingerprint density at radius 3 is 2.56 bits per heavy atom. The molecule has 2 saturated heterocycles. The maximum absolute atomic E-state index is 11.7. The van der Waals surface area contributed by atoms with Gasteiger partial charge in [0.2, 0.25) is 0 Å². The number of carbonyl (C=O) groups excluding carboxylic acids is 1. The molecule has 1 atom stereocenters. The first kappa shape index (κ1) is 13.6. The number of carbonyl (C=O) groups is 1. The molecule has 0 saturated carbocycles. The molecule has 0 aromatic rings. The first-order valence-corrected chi connectivity index (χ1v) is 6.78. The molecular formula is C13H24N2O3. The van der Waals surface area contributed by atoms with Gasteiger partial charge in [-0.3, -0.25) is 0 Å². The molecule has 0 aromatic heterocycles. The average Bonchev–Trinajstić information content (AvgIpc) is 2.21. The molecule has 2 fully saturated rings. The smallest absolute Gasteiger partial charge is 0.410 e. The summed E-state index contributed by atoms with van der Waals surface area (Å²) in [5.41, 5.74) is -0.420. The highest BCUT2D eigenvalue weighted by atomic mass is 16.6. The van der Waals surface area contributed by atoms with Crippen LogP contribution in [0, 0.1) is 0 Å². The Morgan fingerprint density at radius 1 is 1.28 bits per heavy atom. The number of hydrogen-bond donors (Lipinski definition) is 1. The topological polar surface area (TPSA) is 50.8 Å². The Kier molecular flexibility index (Phi) is 4.12. The van der Waals surface area contributed by atoms with Gasteiger partial charge in [-0.1, -0.05) is 0 Å². The van der Waals surface area contributed by atoms with Crippen LogP contribution in [-0.2, 0) is 9.47 Å². The molecule has 5 nitrogen and oxygen atoms in total. The minimum absolute atomic E-state index is 0.183. The van der Waals surface area contributed by atoms with Crippen molar-refractivity contribution < 1.29 is 14.3 Å². The van der Waals surface area contributed by atoms with E-state index in [0.29, 0.717) is 19.2 Å². The zero-order chi connectivity index (χ0) is 13.2. The molecule has 2 heterocycles. The summed E-state index contributed by atoms with van der Waals surface area (Å²) in [6.45, 7) is 8.99. The number of likely N-dealkylation sites (tertiary alicyclic amines) is 1. The molecule has 0 aliphatic carbocycles. The number of piperidine rings is 1. The molecule has 2 aliphatic heterocycles. The summed E-state index contributed by atoms with van der Waals surface area (Å²) in [6.07, 6.45) is 2.56. The van der Waals surface area contributed by atoms with Gasteiger partial charge >= 0.3 is 6.09 Å². The van der Waals surface area contributed by atoms with E-state index in [2.05, 4.69) is 5.32 Å². The van der Waals surface area contributed by atoms with Crippen LogP contribution < -0.4 is 5.32 Å². The van der Waals surface area contributed by atoms with E-state index in [4.69, 9.17) is 9.47 Å². The Bertz CT molecular complexity index is 289. The van der Waals surface area contributed by atoms with Gasteiger partial charge in [0.25, 0.3) is 0 Å². The van der Waals surface area contributed by atoms with Crippen LogP contribution >= 0.6 is 0 Å². The molecule has 0 bridgehead atoms. The number of ether oxygens (including phenoxy) is 2. The molecule has 1 amide bonds. The van der Waals surface area contributed by atoms with Crippen molar-refractivity contribution in [2.75, 3.05) is 26.2 Å². The van der Waals surface area contributed by atoms with Crippen molar-refractivity contribution in [2.24, 2.45) is 0 Å². The SMILES string of the molecule is CC(C)(C)OC(=O)N1CC(OC2CCCNC2)C1.